The minimum atomic E-state index is -0.162. The van der Waals surface area contributed by atoms with Crippen molar-refractivity contribution in [3.8, 4) is 0 Å². The van der Waals surface area contributed by atoms with Gasteiger partial charge in [-0.15, -0.1) is 0 Å². The van der Waals surface area contributed by atoms with Crippen molar-refractivity contribution < 1.29 is 9.50 Å². The van der Waals surface area contributed by atoms with Gasteiger partial charge in [-0.25, -0.2) is 4.39 Å². The lowest BCUT2D eigenvalue weighted by Crippen LogP contribution is -2.52. The number of aliphatic hydroxyl groups is 1. The second kappa shape index (κ2) is 13.5. The van der Waals surface area contributed by atoms with Gasteiger partial charge >= 0.3 is 0 Å². The van der Waals surface area contributed by atoms with Crippen LogP contribution in [0.15, 0.2) is 54.6 Å². The Hall–Kier alpha value is -1.71. The number of hydrogen-bond donors (Lipinski definition) is 1. The van der Waals surface area contributed by atoms with Crippen LogP contribution in [0.3, 0.4) is 0 Å². The first-order valence-electron chi connectivity index (χ1n) is 11.1. The van der Waals surface area contributed by atoms with E-state index in [1.165, 1.54) is 17.7 Å². The van der Waals surface area contributed by atoms with Crippen LogP contribution >= 0.6 is 0 Å². The summed E-state index contributed by atoms with van der Waals surface area (Å²) in [5, 5.41) is 10.5. The largest absolute Gasteiger partial charge is 0.391 e. The molecule has 1 aliphatic carbocycles. The van der Waals surface area contributed by atoms with E-state index in [9.17, 15) is 9.50 Å². The number of rotatable bonds is 6. The molecule has 3 rings (SSSR count). The molecule has 0 aromatic heterocycles. The summed E-state index contributed by atoms with van der Waals surface area (Å²) in [7, 11) is 2.18. The number of hydrogen-bond acceptors (Lipinski definition) is 2. The highest BCUT2D eigenvalue weighted by Gasteiger charge is 2.44. The molecule has 1 aliphatic rings. The van der Waals surface area contributed by atoms with E-state index < -0.39 is 0 Å². The van der Waals surface area contributed by atoms with Crippen molar-refractivity contribution in [1.82, 2.24) is 4.90 Å². The van der Waals surface area contributed by atoms with Crippen LogP contribution in [-0.4, -0.2) is 35.2 Å². The third-order valence-electron chi connectivity index (χ3n) is 5.70. The minimum absolute atomic E-state index is 0.00580. The molecule has 0 aliphatic heterocycles. The molecule has 1 N–H and O–H groups in total. The fourth-order valence-electron chi connectivity index (χ4n) is 4.13. The van der Waals surface area contributed by atoms with E-state index in [0.29, 0.717) is 0 Å². The molecular formula is C26H40FNO. The maximum Gasteiger partial charge on any atom is 0.123 e. The summed E-state index contributed by atoms with van der Waals surface area (Å²) in [5.74, 6) is -0.162. The zero-order valence-corrected chi connectivity index (χ0v) is 19.0. The highest BCUT2D eigenvalue weighted by Crippen LogP contribution is 2.38. The van der Waals surface area contributed by atoms with Crippen LogP contribution < -0.4 is 0 Å². The van der Waals surface area contributed by atoms with Gasteiger partial charge in [0.15, 0.2) is 0 Å². The lowest BCUT2D eigenvalue weighted by Gasteiger charge is -2.42. The van der Waals surface area contributed by atoms with Crippen molar-refractivity contribution in [1.29, 1.82) is 0 Å². The topological polar surface area (TPSA) is 23.5 Å². The molecule has 162 valence electrons. The lowest BCUT2D eigenvalue weighted by atomic mass is 9.86. The Kier molecular flexibility index (Phi) is 11.8. The van der Waals surface area contributed by atoms with Gasteiger partial charge in [-0.05, 0) is 82.3 Å². The number of nitrogens with zero attached hydrogens (tertiary/aromatic N) is 1. The molecule has 0 amide bonds. The minimum Gasteiger partial charge on any atom is -0.391 e. The van der Waals surface area contributed by atoms with E-state index in [4.69, 9.17) is 0 Å². The third-order valence-corrected chi connectivity index (χ3v) is 5.70. The van der Waals surface area contributed by atoms with Crippen LogP contribution in [0.1, 0.15) is 64.0 Å². The van der Waals surface area contributed by atoms with Crippen molar-refractivity contribution >= 4 is 0 Å². The van der Waals surface area contributed by atoms with Gasteiger partial charge in [0.1, 0.15) is 5.82 Å². The maximum absolute atomic E-state index is 12.2. The summed E-state index contributed by atoms with van der Waals surface area (Å²) in [6.07, 6.45) is 6.37. The molecular weight excluding hydrogens is 361 g/mol. The second-order valence-electron chi connectivity index (χ2n) is 7.72. The number of benzene rings is 2. The van der Waals surface area contributed by atoms with Gasteiger partial charge in [0, 0.05) is 5.54 Å². The summed E-state index contributed by atoms with van der Waals surface area (Å²) >= 11 is 0. The van der Waals surface area contributed by atoms with E-state index in [1.807, 2.05) is 26.8 Å². The summed E-state index contributed by atoms with van der Waals surface area (Å²) < 4.78 is 12.2. The Bertz CT molecular complexity index is 658. The fraction of sp³-hybridized carbons (Fsp3) is 0.538. The van der Waals surface area contributed by atoms with Crippen molar-refractivity contribution in [2.45, 2.75) is 77.9 Å². The highest BCUT2D eigenvalue weighted by atomic mass is 19.1. The molecule has 29 heavy (non-hydrogen) atoms. The number of likely N-dealkylation sites (N-methyl/N-ethyl adjacent to an activating group) is 1. The van der Waals surface area contributed by atoms with Gasteiger partial charge in [-0.1, -0.05) is 63.2 Å². The molecule has 2 nitrogen and oxygen atoms in total. The van der Waals surface area contributed by atoms with Gasteiger partial charge in [0.05, 0.1) is 6.10 Å². The smallest absolute Gasteiger partial charge is 0.123 e. The van der Waals surface area contributed by atoms with Gasteiger partial charge in [-0.2, -0.15) is 0 Å². The number of aryl methyl sites for hydroxylation is 2. The molecule has 1 fully saturated rings. The van der Waals surface area contributed by atoms with Crippen molar-refractivity contribution in [3.05, 3.63) is 71.5 Å². The van der Waals surface area contributed by atoms with Crippen LogP contribution in [0.4, 0.5) is 4.39 Å². The standard InChI is InChI=1S/C17H27NO.C7H7F.C2H6/c1-3-14-18(2)17(12-7-10-16(17)19)13-11-15-8-5-4-6-9-15;1-6-3-2-4-7(8)5-6;1-2/h4-6,8-9,16,19H,3,7,10-14H2,1-2H3;2-5H,1H3;1-2H3. The van der Waals surface area contributed by atoms with Gasteiger partial charge in [-0.3, -0.25) is 4.90 Å². The predicted octanol–water partition coefficient (Wildman–Crippen LogP) is 6.40. The molecule has 0 radical (unpaired) electrons. The Morgan fingerprint density at radius 1 is 1.10 bits per heavy atom. The molecule has 0 saturated heterocycles. The van der Waals surface area contributed by atoms with E-state index >= 15 is 0 Å². The van der Waals surface area contributed by atoms with Crippen LogP contribution in [0.25, 0.3) is 0 Å². The Morgan fingerprint density at radius 3 is 2.28 bits per heavy atom. The van der Waals surface area contributed by atoms with Crippen molar-refractivity contribution in [2.75, 3.05) is 13.6 Å². The van der Waals surface area contributed by atoms with Crippen LogP contribution in [0.2, 0.25) is 0 Å². The quantitative estimate of drug-likeness (QED) is 0.605. The first-order chi connectivity index (χ1) is 14.0. The molecule has 1 saturated carbocycles. The number of halogens is 1. The summed E-state index contributed by atoms with van der Waals surface area (Å²) in [4.78, 5) is 2.41. The second-order valence-corrected chi connectivity index (χ2v) is 7.72. The summed E-state index contributed by atoms with van der Waals surface area (Å²) in [6.45, 7) is 9.15. The first kappa shape index (κ1) is 25.3. The van der Waals surface area contributed by atoms with Crippen LogP contribution in [0, 0.1) is 12.7 Å². The van der Waals surface area contributed by atoms with Gasteiger partial charge in [0.25, 0.3) is 0 Å². The zero-order valence-electron chi connectivity index (χ0n) is 19.0. The number of aliphatic hydroxyl groups excluding tert-OH is 1. The summed E-state index contributed by atoms with van der Waals surface area (Å²) in [6, 6.07) is 17.1. The van der Waals surface area contributed by atoms with Crippen molar-refractivity contribution in [2.24, 2.45) is 0 Å². The van der Waals surface area contributed by atoms with E-state index in [0.717, 1.165) is 50.6 Å². The van der Waals surface area contributed by atoms with Crippen LogP contribution in [0.5, 0.6) is 0 Å². The SMILES string of the molecule is CC.CCCN(C)C1(CCc2ccccc2)CCCC1O.Cc1cccc(F)c1. The fourth-order valence-corrected chi connectivity index (χ4v) is 4.13. The maximum atomic E-state index is 12.2. The molecule has 2 aromatic rings. The molecule has 0 spiro atoms. The summed E-state index contributed by atoms with van der Waals surface area (Å²) in [5.41, 5.74) is 2.35. The van der Waals surface area contributed by atoms with E-state index in [1.54, 1.807) is 6.07 Å². The Morgan fingerprint density at radius 2 is 1.79 bits per heavy atom. The molecule has 2 aromatic carbocycles. The molecule has 0 heterocycles. The van der Waals surface area contributed by atoms with Gasteiger partial charge in [0.2, 0.25) is 0 Å². The normalized spacial score (nSPS) is 20.5. The van der Waals surface area contributed by atoms with Crippen molar-refractivity contribution in [3.63, 3.8) is 0 Å². The zero-order chi connectivity index (χ0) is 21.7. The van der Waals surface area contributed by atoms with Gasteiger partial charge < -0.3 is 5.11 Å². The lowest BCUT2D eigenvalue weighted by molar-refractivity contribution is -0.00285. The predicted molar refractivity (Wildman–Crippen MR) is 123 cm³/mol. The molecule has 3 heteroatoms. The Labute approximate surface area is 177 Å². The monoisotopic (exact) mass is 401 g/mol. The molecule has 2 atom stereocenters. The average molecular weight is 402 g/mol. The first-order valence-corrected chi connectivity index (χ1v) is 11.1. The Balaban J connectivity index is 0.000000351. The molecule has 2 unspecified atom stereocenters. The van der Waals surface area contributed by atoms with E-state index in [2.05, 4.69) is 49.2 Å². The highest BCUT2D eigenvalue weighted by molar-refractivity contribution is 5.16. The van der Waals surface area contributed by atoms with Crippen LogP contribution in [-0.2, 0) is 6.42 Å². The average Bonchev–Trinajstić information content (AvgIpc) is 3.11. The third kappa shape index (κ3) is 7.91. The van der Waals surface area contributed by atoms with E-state index in [-0.39, 0.29) is 17.5 Å². The molecule has 0 bridgehead atoms.